The molecule has 0 atom stereocenters. The van der Waals surface area contributed by atoms with Gasteiger partial charge in [0, 0.05) is 15.6 Å². The average molecular weight is 411 g/mol. The van der Waals surface area contributed by atoms with Crippen molar-refractivity contribution in [2.75, 3.05) is 0 Å². The summed E-state index contributed by atoms with van der Waals surface area (Å²) >= 11 is 12.2. The first-order valence-electron chi connectivity index (χ1n) is 5.88. The molecule has 0 amide bonds. The maximum Gasteiger partial charge on any atom is 0.159 e. The number of hydrogen-bond donors (Lipinski definition) is 1. The molecule has 3 rings (SSSR count). The van der Waals surface area contributed by atoms with Crippen LogP contribution in [0.25, 0.3) is 22.4 Å². The smallest absolute Gasteiger partial charge is 0.159 e. The Morgan fingerprint density at radius 1 is 1.15 bits per heavy atom. The third-order valence-corrected chi connectivity index (χ3v) is 5.07. The molecule has 0 unspecified atom stereocenters. The van der Waals surface area contributed by atoms with Crippen LogP contribution in [0.4, 0.5) is 0 Å². The normalized spacial score (nSPS) is 10.9. The lowest BCUT2D eigenvalue weighted by Crippen LogP contribution is -1.97. The molecule has 2 heterocycles. The van der Waals surface area contributed by atoms with E-state index in [2.05, 4.69) is 46.8 Å². The SMILES string of the molecule is Cc1[nH]c(-c2nc3ccccc3cc2Br)nc(=S)c1Br. The van der Waals surface area contributed by atoms with Gasteiger partial charge >= 0.3 is 0 Å². The molecule has 0 aliphatic heterocycles. The van der Waals surface area contributed by atoms with E-state index < -0.39 is 0 Å². The summed E-state index contributed by atoms with van der Waals surface area (Å²) in [6.07, 6.45) is 0. The fraction of sp³-hybridized carbons (Fsp3) is 0.0714. The molecule has 0 saturated heterocycles. The van der Waals surface area contributed by atoms with E-state index >= 15 is 0 Å². The Morgan fingerprint density at radius 3 is 2.65 bits per heavy atom. The third-order valence-electron chi connectivity index (χ3n) is 2.94. The van der Waals surface area contributed by atoms with Crippen LogP contribution >= 0.6 is 44.1 Å². The van der Waals surface area contributed by atoms with Gasteiger partial charge in [-0.3, -0.25) is 0 Å². The van der Waals surface area contributed by atoms with Crippen LogP contribution in [0.5, 0.6) is 0 Å². The number of rotatable bonds is 1. The third kappa shape index (κ3) is 2.43. The second-order valence-corrected chi connectivity index (χ2v) is 6.38. The second kappa shape index (κ2) is 5.35. The molecule has 0 spiro atoms. The quantitative estimate of drug-likeness (QED) is 0.561. The predicted octanol–water partition coefficient (Wildman–Crippen LogP) is 5.19. The summed E-state index contributed by atoms with van der Waals surface area (Å²) in [6, 6.07) is 10.00. The minimum atomic E-state index is 0.526. The van der Waals surface area contributed by atoms with E-state index in [0.717, 1.165) is 31.2 Å². The van der Waals surface area contributed by atoms with Crippen molar-refractivity contribution in [3.63, 3.8) is 0 Å². The highest BCUT2D eigenvalue weighted by Gasteiger charge is 2.11. The lowest BCUT2D eigenvalue weighted by atomic mass is 10.2. The number of fused-ring (bicyclic) bond motifs is 1. The molecule has 100 valence electrons. The van der Waals surface area contributed by atoms with Gasteiger partial charge in [0.1, 0.15) is 10.3 Å². The Morgan fingerprint density at radius 2 is 1.90 bits per heavy atom. The molecule has 6 heteroatoms. The predicted molar refractivity (Wildman–Crippen MR) is 90.3 cm³/mol. The number of hydrogen-bond acceptors (Lipinski definition) is 3. The number of pyridine rings is 1. The topological polar surface area (TPSA) is 41.6 Å². The number of aromatic amines is 1. The van der Waals surface area contributed by atoms with Gasteiger partial charge in [0.2, 0.25) is 0 Å². The van der Waals surface area contributed by atoms with E-state index in [1.165, 1.54) is 0 Å². The standard InChI is InChI=1S/C14H9Br2N3S/c1-7-11(16)14(20)19-13(17-7)12-9(15)6-8-4-2-3-5-10(8)18-12/h2-6H,1H3,(H,17,19,20). The molecule has 3 nitrogen and oxygen atoms in total. The maximum absolute atomic E-state index is 5.25. The van der Waals surface area contributed by atoms with Crippen molar-refractivity contribution in [2.24, 2.45) is 0 Å². The van der Waals surface area contributed by atoms with Crippen molar-refractivity contribution in [3.05, 3.63) is 49.6 Å². The Hall–Kier alpha value is -1.11. The number of aromatic nitrogens is 3. The molecular formula is C14H9Br2N3S. The molecule has 0 aliphatic rings. The van der Waals surface area contributed by atoms with Gasteiger partial charge in [-0.05, 0) is 50.9 Å². The molecule has 0 fully saturated rings. The summed E-state index contributed by atoms with van der Waals surface area (Å²) < 4.78 is 2.22. The number of nitrogens with zero attached hydrogens (tertiary/aromatic N) is 2. The van der Waals surface area contributed by atoms with Gasteiger partial charge in [-0.2, -0.15) is 0 Å². The molecule has 0 bridgehead atoms. The number of nitrogens with one attached hydrogen (secondary N) is 1. The van der Waals surface area contributed by atoms with E-state index in [9.17, 15) is 0 Å². The Labute approximate surface area is 137 Å². The maximum atomic E-state index is 5.25. The van der Waals surface area contributed by atoms with Crippen molar-refractivity contribution >= 4 is 55.0 Å². The summed E-state index contributed by atoms with van der Waals surface area (Å²) in [5.74, 6) is 0.660. The van der Waals surface area contributed by atoms with Crippen LogP contribution in [0.15, 0.2) is 39.3 Å². The molecule has 0 radical (unpaired) electrons. The zero-order chi connectivity index (χ0) is 14.3. The van der Waals surface area contributed by atoms with E-state index in [1.807, 2.05) is 37.3 Å². The van der Waals surface area contributed by atoms with Crippen molar-refractivity contribution in [3.8, 4) is 11.5 Å². The molecule has 3 aromatic rings. The summed E-state index contributed by atoms with van der Waals surface area (Å²) in [6.45, 7) is 1.94. The Bertz CT molecular complexity index is 874. The minimum absolute atomic E-state index is 0.526. The average Bonchev–Trinajstić information content (AvgIpc) is 2.43. The lowest BCUT2D eigenvalue weighted by molar-refractivity contribution is 1.06. The zero-order valence-corrected chi connectivity index (χ0v) is 14.4. The highest BCUT2D eigenvalue weighted by atomic mass is 79.9. The number of halogens is 2. The molecule has 0 saturated carbocycles. The van der Waals surface area contributed by atoms with Crippen molar-refractivity contribution in [2.45, 2.75) is 6.92 Å². The molecule has 1 N–H and O–H groups in total. The Balaban J connectivity index is 2.29. The first-order chi connectivity index (χ1) is 9.56. The van der Waals surface area contributed by atoms with Crippen LogP contribution in [0.3, 0.4) is 0 Å². The first kappa shape index (κ1) is 13.9. The highest BCUT2D eigenvalue weighted by molar-refractivity contribution is 9.11. The number of H-pyrrole nitrogens is 1. The van der Waals surface area contributed by atoms with E-state index in [1.54, 1.807) is 0 Å². The van der Waals surface area contributed by atoms with Gasteiger partial charge < -0.3 is 4.98 Å². The van der Waals surface area contributed by atoms with Crippen LogP contribution in [0.1, 0.15) is 5.69 Å². The fourth-order valence-electron chi connectivity index (χ4n) is 1.94. The molecule has 0 aliphatic carbocycles. The number of benzene rings is 1. The number of aryl methyl sites for hydroxylation is 1. The monoisotopic (exact) mass is 409 g/mol. The van der Waals surface area contributed by atoms with Gasteiger partial charge in [0.25, 0.3) is 0 Å². The summed E-state index contributed by atoms with van der Waals surface area (Å²) in [4.78, 5) is 12.3. The summed E-state index contributed by atoms with van der Waals surface area (Å²) in [7, 11) is 0. The summed E-state index contributed by atoms with van der Waals surface area (Å²) in [5.41, 5.74) is 2.61. The van der Waals surface area contributed by atoms with Crippen LogP contribution in [0, 0.1) is 11.6 Å². The molecular weight excluding hydrogens is 402 g/mol. The molecule has 1 aromatic carbocycles. The number of para-hydroxylation sites is 1. The van der Waals surface area contributed by atoms with Gasteiger partial charge in [-0.15, -0.1) is 0 Å². The van der Waals surface area contributed by atoms with Crippen LogP contribution in [0.2, 0.25) is 0 Å². The van der Waals surface area contributed by atoms with E-state index in [4.69, 9.17) is 12.2 Å². The van der Waals surface area contributed by atoms with Gasteiger partial charge in [-0.1, -0.05) is 30.4 Å². The Kier molecular flexibility index (Phi) is 3.70. The summed E-state index contributed by atoms with van der Waals surface area (Å²) in [5, 5.41) is 1.08. The largest absolute Gasteiger partial charge is 0.341 e. The van der Waals surface area contributed by atoms with Crippen LogP contribution in [-0.2, 0) is 0 Å². The van der Waals surface area contributed by atoms with Crippen molar-refractivity contribution in [1.82, 2.24) is 15.0 Å². The van der Waals surface area contributed by atoms with Crippen molar-refractivity contribution < 1.29 is 0 Å². The molecule has 2 aromatic heterocycles. The fourth-order valence-corrected chi connectivity index (χ4v) is 2.90. The zero-order valence-electron chi connectivity index (χ0n) is 10.4. The lowest BCUT2D eigenvalue weighted by Gasteiger charge is -2.08. The van der Waals surface area contributed by atoms with E-state index in [0.29, 0.717) is 10.5 Å². The highest BCUT2D eigenvalue weighted by Crippen LogP contribution is 2.28. The van der Waals surface area contributed by atoms with Gasteiger partial charge in [-0.25, -0.2) is 9.97 Å². The van der Waals surface area contributed by atoms with Gasteiger partial charge in [0.05, 0.1) is 9.99 Å². The first-order valence-corrected chi connectivity index (χ1v) is 7.88. The molecule has 20 heavy (non-hydrogen) atoms. The van der Waals surface area contributed by atoms with Gasteiger partial charge in [0.15, 0.2) is 5.82 Å². The van der Waals surface area contributed by atoms with Crippen LogP contribution < -0.4 is 0 Å². The van der Waals surface area contributed by atoms with Crippen molar-refractivity contribution in [1.29, 1.82) is 0 Å². The second-order valence-electron chi connectivity index (χ2n) is 4.34. The minimum Gasteiger partial charge on any atom is -0.341 e. The van der Waals surface area contributed by atoms with E-state index in [-0.39, 0.29) is 0 Å². The van der Waals surface area contributed by atoms with Crippen LogP contribution in [-0.4, -0.2) is 15.0 Å².